The van der Waals surface area contributed by atoms with Gasteiger partial charge in [0.25, 0.3) is 0 Å². The van der Waals surface area contributed by atoms with E-state index in [1.54, 1.807) is 25.2 Å². The van der Waals surface area contributed by atoms with Crippen LogP contribution in [0.5, 0.6) is 0 Å². The van der Waals surface area contributed by atoms with Crippen molar-refractivity contribution in [3.05, 3.63) is 16.6 Å². The Labute approximate surface area is 131 Å². The molecule has 21 heavy (non-hydrogen) atoms. The van der Waals surface area contributed by atoms with Gasteiger partial charge in [0.2, 0.25) is 5.79 Å². The number of hydrogen-bond donors (Lipinski definition) is 1. The molecule has 2 aromatic rings. The Morgan fingerprint density at radius 1 is 1.57 bits per heavy atom. The normalized spacial score (nSPS) is 29.3. The Morgan fingerprint density at radius 3 is 3.10 bits per heavy atom. The highest BCUT2D eigenvalue weighted by Crippen LogP contribution is 2.47. The van der Waals surface area contributed by atoms with Gasteiger partial charge in [-0.1, -0.05) is 6.92 Å². The second-order valence-electron chi connectivity index (χ2n) is 5.24. The molecule has 114 valence electrons. The first-order valence-electron chi connectivity index (χ1n) is 6.76. The number of rotatable bonds is 4. The summed E-state index contributed by atoms with van der Waals surface area (Å²) in [5, 5.41) is 14.9. The molecule has 3 atom stereocenters. The van der Waals surface area contributed by atoms with Gasteiger partial charge in [0.15, 0.2) is 0 Å². The van der Waals surface area contributed by atoms with E-state index in [0.29, 0.717) is 6.61 Å². The summed E-state index contributed by atoms with van der Waals surface area (Å²) in [6.45, 7) is 2.49. The van der Waals surface area contributed by atoms with Gasteiger partial charge in [-0.2, -0.15) is 0 Å². The summed E-state index contributed by atoms with van der Waals surface area (Å²) in [4.78, 5) is 9.39. The van der Waals surface area contributed by atoms with Crippen molar-refractivity contribution in [3.8, 4) is 0 Å². The quantitative estimate of drug-likeness (QED) is 0.688. The van der Waals surface area contributed by atoms with E-state index in [-0.39, 0.29) is 12.0 Å². The average Bonchev–Trinajstić information content (AvgIpc) is 3.02. The summed E-state index contributed by atoms with van der Waals surface area (Å²) in [7, 11) is 1.64. The number of thiophene rings is 1. The highest BCUT2D eigenvalue weighted by Gasteiger charge is 2.48. The summed E-state index contributed by atoms with van der Waals surface area (Å²) >= 11 is 3.06. The van der Waals surface area contributed by atoms with Crippen molar-refractivity contribution in [1.82, 2.24) is 9.97 Å². The van der Waals surface area contributed by atoms with Gasteiger partial charge in [-0.15, -0.1) is 23.1 Å². The predicted octanol–water partition coefficient (Wildman–Crippen LogP) is 2.63. The summed E-state index contributed by atoms with van der Waals surface area (Å²) in [5.41, 5.74) is 0.784. The number of nitrogens with zero attached hydrogens (tertiary/aromatic N) is 2. The molecular weight excluding hydrogens is 308 g/mol. The van der Waals surface area contributed by atoms with Crippen molar-refractivity contribution in [1.29, 1.82) is 0 Å². The number of ether oxygens (including phenoxy) is 2. The molecule has 5 nitrogen and oxygen atoms in total. The van der Waals surface area contributed by atoms with E-state index in [9.17, 15) is 5.11 Å². The van der Waals surface area contributed by atoms with Crippen LogP contribution in [0.4, 0.5) is 0 Å². The number of fused-ring (bicyclic) bond motifs is 1. The number of methoxy groups -OCH3 is 1. The van der Waals surface area contributed by atoms with E-state index < -0.39 is 5.79 Å². The molecule has 1 aliphatic rings. The summed E-state index contributed by atoms with van der Waals surface area (Å²) < 4.78 is 11.0. The lowest BCUT2D eigenvalue weighted by Crippen LogP contribution is -2.31. The van der Waals surface area contributed by atoms with Crippen molar-refractivity contribution in [3.63, 3.8) is 0 Å². The van der Waals surface area contributed by atoms with Crippen LogP contribution in [-0.4, -0.2) is 41.2 Å². The Balaban J connectivity index is 2.04. The third kappa shape index (κ3) is 2.47. The fourth-order valence-corrected chi connectivity index (χ4v) is 4.55. The van der Waals surface area contributed by atoms with Gasteiger partial charge in [0.1, 0.15) is 11.4 Å². The van der Waals surface area contributed by atoms with Crippen LogP contribution in [0.3, 0.4) is 0 Å². The SMILES string of the molecule is COCC1CC(C)C(O)(c2scc3c(SC)ncnc23)O1. The monoisotopic (exact) mass is 326 g/mol. The van der Waals surface area contributed by atoms with Gasteiger partial charge >= 0.3 is 0 Å². The second kappa shape index (κ2) is 5.81. The molecule has 1 fully saturated rings. The standard InChI is InChI=1S/C14H18N2O3S2/c1-8-4-9(5-18-2)19-14(8,17)12-11-10(6-21-12)13(20-3)16-7-15-11/h6-9,17H,4-5H2,1-3H3. The van der Waals surface area contributed by atoms with Crippen LogP contribution in [0.25, 0.3) is 10.9 Å². The Kier molecular flexibility index (Phi) is 4.20. The van der Waals surface area contributed by atoms with Crippen LogP contribution in [0, 0.1) is 5.92 Å². The van der Waals surface area contributed by atoms with E-state index in [0.717, 1.165) is 27.2 Å². The fourth-order valence-electron chi connectivity index (χ4n) is 2.79. The number of aliphatic hydroxyl groups is 1. The topological polar surface area (TPSA) is 64.5 Å². The zero-order chi connectivity index (χ0) is 15.0. The molecule has 0 radical (unpaired) electrons. The average molecular weight is 326 g/mol. The van der Waals surface area contributed by atoms with Crippen molar-refractivity contribution in [2.75, 3.05) is 20.0 Å². The van der Waals surface area contributed by atoms with Gasteiger partial charge in [0.05, 0.1) is 23.1 Å². The Hall–Kier alpha value is -0.730. The van der Waals surface area contributed by atoms with E-state index in [4.69, 9.17) is 9.47 Å². The molecule has 2 aromatic heterocycles. The molecule has 1 saturated heterocycles. The number of thioether (sulfide) groups is 1. The maximum Gasteiger partial charge on any atom is 0.207 e. The third-order valence-electron chi connectivity index (χ3n) is 3.86. The van der Waals surface area contributed by atoms with Crippen LogP contribution in [0.1, 0.15) is 18.2 Å². The van der Waals surface area contributed by atoms with E-state index in [1.165, 1.54) is 11.3 Å². The van der Waals surface area contributed by atoms with Crippen LogP contribution in [0.2, 0.25) is 0 Å². The third-order valence-corrected chi connectivity index (χ3v) is 5.65. The Bertz CT molecular complexity index is 648. The smallest absolute Gasteiger partial charge is 0.207 e. The van der Waals surface area contributed by atoms with E-state index in [2.05, 4.69) is 9.97 Å². The zero-order valence-corrected chi connectivity index (χ0v) is 13.8. The number of hydrogen-bond acceptors (Lipinski definition) is 7. The molecule has 0 aromatic carbocycles. The molecule has 7 heteroatoms. The molecule has 1 N–H and O–H groups in total. The van der Waals surface area contributed by atoms with Crippen molar-refractivity contribution in [2.45, 2.75) is 30.3 Å². The van der Waals surface area contributed by atoms with Gasteiger partial charge < -0.3 is 14.6 Å². The fraction of sp³-hybridized carbons (Fsp3) is 0.571. The lowest BCUT2D eigenvalue weighted by Gasteiger charge is -2.26. The van der Waals surface area contributed by atoms with Crippen LogP contribution in [0.15, 0.2) is 16.7 Å². The molecule has 3 heterocycles. The molecule has 3 unspecified atom stereocenters. The first-order valence-corrected chi connectivity index (χ1v) is 8.86. The summed E-state index contributed by atoms with van der Waals surface area (Å²) in [5.74, 6) is -1.30. The molecular formula is C14H18N2O3S2. The van der Waals surface area contributed by atoms with Crippen LogP contribution < -0.4 is 0 Å². The highest BCUT2D eigenvalue weighted by molar-refractivity contribution is 7.98. The van der Waals surface area contributed by atoms with Gasteiger partial charge in [-0.3, -0.25) is 0 Å². The highest BCUT2D eigenvalue weighted by atomic mass is 32.2. The largest absolute Gasteiger partial charge is 0.382 e. The Morgan fingerprint density at radius 2 is 2.38 bits per heavy atom. The number of aromatic nitrogens is 2. The second-order valence-corrected chi connectivity index (χ2v) is 6.91. The van der Waals surface area contributed by atoms with Crippen molar-refractivity contribution in [2.24, 2.45) is 5.92 Å². The molecule has 0 bridgehead atoms. The molecule has 0 spiro atoms. The summed E-state index contributed by atoms with van der Waals surface area (Å²) in [6, 6.07) is 0. The van der Waals surface area contributed by atoms with Crippen LogP contribution in [-0.2, 0) is 15.3 Å². The first-order chi connectivity index (χ1) is 10.1. The van der Waals surface area contributed by atoms with Gasteiger partial charge in [-0.05, 0) is 12.7 Å². The van der Waals surface area contributed by atoms with Crippen molar-refractivity contribution >= 4 is 34.0 Å². The first kappa shape index (κ1) is 15.2. The minimum Gasteiger partial charge on any atom is -0.382 e. The minimum atomic E-state index is -1.29. The van der Waals surface area contributed by atoms with Gasteiger partial charge in [-0.25, -0.2) is 9.97 Å². The lowest BCUT2D eigenvalue weighted by molar-refractivity contribution is -0.220. The van der Waals surface area contributed by atoms with E-state index >= 15 is 0 Å². The maximum absolute atomic E-state index is 11.0. The minimum absolute atomic E-state index is 0.00723. The van der Waals surface area contributed by atoms with E-state index in [1.807, 2.05) is 18.6 Å². The molecule has 3 rings (SSSR count). The predicted molar refractivity (Wildman–Crippen MR) is 83.6 cm³/mol. The molecule has 0 amide bonds. The molecule has 0 saturated carbocycles. The molecule has 0 aliphatic carbocycles. The van der Waals surface area contributed by atoms with Gasteiger partial charge in [0, 0.05) is 23.8 Å². The van der Waals surface area contributed by atoms with Crippen LogP contribution >= 0.6 is 23.1 Å². The summed E-state index contributed by atoms with van der Waals surface area (Å²) in [6.07, 6.45) is 4.20. The maximum atomic E-state index is 11.0. The van der Waals surface area contributed by atoms with Crippen molar-refractivity contribution < 1.29 is 14.6 Å². The zero-order valence-electron chi connectivity index (χ0n) is 12.2. The molecule has 1 aliphatic heterocycles. The lowest BCUT2D eigenvalue weighted by atomic mass is 9.96.